The zero-order chi connectivity index (χ0) is 47.8. The van der Waals surface area contributed by atoms with Crippen molar-refractivity contribution in [2.45, 2.75) is 191 Å². The van der Waals surface area contributed by atoms with Crippen LogP contribution in [0.25, 0.3) is 0 Å². The Balaban J connectivity index is 1.62. The average Bonchev–Trinajstić information content (AvgIpc) is 3.23. The Morgan fingerprint density at radius 3 is 2.11 bits per heavy atom. The van der Waals surface area contributed by atoms with Gasteiger partial charge in [-0.25, -0.2) is 0 Å². The molecule has 18 heteroatoms. The second-order valence-electron chi connectivity index (χ2n) is 18.7. The van der Waals surface area contributed by atoms with Gasteiger partial charge in [-0.1, -0.05) is 38.5 Å². The number of carbonyl (C=O) groups excluding carboxylic acids is 3. The lowest BCUT2D eigenvalue weighted by Gasteiger charge is -2.50. The molecule has 0 aliphatic carbocycles. The third-order valence-corrected chi connectivity index (χ3v) is 13.4. The largest absolute Gasteiger partial charge is 0.462 e. The van der Waals surface area contributed by atoms with Crippen molar-refractivity contribution < 1.29 is 82.5 Å². The Kier molecular flexibility index (Phi) is 20.5. The SMILES string of the molecule is CC[C@@H]1OC(=O)C[C@H](O)[C@@H](C)[C@@H](O[C@@H]2O[C@H](C)[C@@H](O[C@H]3C[C@@](C)(O)[C@@H](O)[C@H](C)O3)[C@H](N(C)C)[C@H]2O)[C@@H](CC=O)C[C@@H](C)C(=O)/C=C\C(C)=C\[C@@H]1CO[C@H]1O[C@@H](C)[C@H](O)[C@H](OC)[C@@H]1OC. The van der Waals surface area contributed by atoms with E-state index in [9.17, 15) is 39.9 Å². The summed E-state index contributed by atoms with van der Waals surface area (Å²) in [5.41, 5.74) is -0.806. The van der Waals surface area contributed by atoms with Gasteiger partial charge in [-0.15, -0.1) is 0 Å². The lowest BCUT2D eigenvalue weighted by molar-refractivity contribution is -0.341. The minimum atomic E-state index is -1.49. The van der Waals surface area contributed by atoms with Crippen molar-refractivity contribution in [3.63, 3.8) is 0 Å². The molecule has 0 aromatic heterocycles. The molecule has 64 heavy (non-hydrogen) atoms. The van der Waals surface area contributed by atoms with Crippen LogP contribution in [0.2, 0.25) is 0 Å². The molecule has 18 nitrogen and oxygen atoms in total. The number of carbonyl (C=O) groups is 3. The number of nitrogens with zero attached hydrogens (tertiary/aromatic N) is 1. The molecule has 3 fully saturated rings. The van der Waals surface area contributed by atoms with E-state index >= 15 is 0 Å². The molecule has 4 rings (SSSR count). The van der Waals surface area contributed by atoms with Gasteiger partial charge in [-0.3, -0.25) is 9.59 Å². The van der Waals surface area contributed by atoms with Crippen LogP contribution in [0.3, 0.4) is 0 Å². The average molecular weight is 916 g/mol. The Morgan fingerprint density at radius 1 is 0.859 bits per heavy atom. The Bertz CT molecular complexity index is 1560. The van der Waals surface area contributed by atoms with Crippen LogP contribution >= 0.6 is 0 Å². The van der Waals surface area contributed by atoms with Crippen molar-refractivity contribution in [2.24, 2.45) is 23.7 Å². The predicted octanol–water partition coefficient (Wildman–Crippen LogP) is 1.83. The van der Waals surface area contributed by atoms with E-state index in [1.54, 1.807) is 59.7 Å². The Labute approximate surface area is 378 Å². The van der Waals surface area contributed by atoms with Gasteiger partial charge in [-0.05, 0) is 73.5 Å². The fraction of sp³-hybridized carbons (Fsp3) is 0.848. The highest BCUT2D eigenvalue weighted by molar-refractivity contribution is 5.91. The quantitative estimate of drug-likeness (QED) is 0.131. The van der Waals surface area contributed by atoms with Crippen LogP contribution in [0.5, 0.6) is 0 Å². The summed E-state index contributed by atoms with van der Waals surface area (Å²) < 4.78 is 54.7. The van der Waals surface area contributed by atoms with E-state index in [0.717, 1.165) is 6.29 Å². The molecule has 4 heterocycles. The summed E-state index contributed by atoms with van der Waals surface area (Å²) in [4.78, 5) is 41.5. The first kappa shape index (κ1) is 54.3. The molecule has 0 spiro atoms. The highest BCUT2D eigenvalue weighted by Crippen LogP contribution is 2.37. The lowest BCUT2D eigenvalue weighted by atomic mass is 9.79. The molecule has 3 saturated heterocycles. The molecule has 0 amide bonds. The maximum absolute atomic E-state index is 13.8. The van der Waals surface area contributed by atoms with Crippen molar-refractivity contribution in [1.82, 2.24) is 4.90 Å². The number of ether oxygens (including phenoxy) is 9. The van der Waals surface area contributed by atoms with Crippen LogP contribution in [-0.4, -0.2) is 187 Å². The van der Waals surface area contributed by atoms with Gasteiger partial charge in [-0.2, -0.15) is 0 Å². The van der Waals surface area contributed by atoms with E-state index < -0.39 is 140 Å². The van der Waals surface area contributed by atoms with Crippen molar-refractivity contribution in [3.05, 3.63) is 23.8 Å². The molecule has 0 radical (unpaired) electrons. The fourth-order valence-corrected chi connectivity index (χ4v) is 9.51. The zero-order valence-electron chi connectivity index (χ0n) is 39.7. The molecule has 4 aliphatic rings. The van der Waals surface area contributed by atoms with Crippen LogP contribution in [0.1, 0.15) is 87.5 Å². The molecule has 0 saturated carbocycles. The van der Waals surface area contributed by atoms with Crippen molar-refractivity contribution in [2.75, 3.05) is 34.9 Å². The fourth-order valence-electron chi connectivity index (χ4n) is 9.51. The monoisotopic (exact) mass is 916 g/mol. The minimum Gasteiger partial charge on any atom is -0.462 e. The molecule has 0 unspecified atom stereocenters. The molecule has 0 aromatic rings. The van der Waals surface area contributed by atoms with Gasteiger partial charge in [0.05, 0.1) is 55.2 Å². The normalized spacial score (nSPS) is 45.9. The van der Waals surface area contributed by atoms with Crippen LogP contribution in [0, 0.1) is 23.7 Å². The molecule has 21 atom stereocenters. The molecule has 5 N–H and O–H groups in total. The Morgan fingerprint density at radius 2 is 1.52 bits per heavy atom. The summed E-state index contributed by atoms with van der Waals surface area (Å²) in [6, 6.07) is -0.748. The summed E-state index contributed by atoms with van der Waals surface area (Å²) in [5.74, 6) is -3.59. The summed E-state index contributed by atoms with van der Waals surface area (Å²) in [5, 5.41) is 55.8. The first-order chi connectivity index (χ1) is 30.1. The van der Waals surface area contributed by atoms with E-state index in [1.165, 1.54) is 27.2 Å². The van der Waals surface area contributed by atoms with E-state index in [1.807, 2.05) is 19.9 Å². The van der Waals surface area contributed by atoms with Crippen molar-refractivity contribution >= 4 is 18.0 Å². The molecule has 4 aliphatic heterocycles. The van der Waals surface area contributed by atoms with Crippen LogP contribution in [0.15, 0.2) is 23.8 Å². The number of allylic oxidation sites excluding steroid dienone is 3. The first-order valence-electron chi connectivity index (χ1n) is 22.7. The minimum absolute atomic E-state index is 0.00788. The summed E-state index contributed by atoms with van der Waals surface area (Å²) >= 11 is 0. The Hall–Kier alpha value is -2.27. The number of methoxy groups -OCH3 is 2. The molecular formula is C46H77NO17. The lowest BCUT2D eigenvalue weighted by Crippen LogP contribution is -2.65. The van der Waals surface area contributed by atoms with E-state index in [2.05, 4.69) is 0 Å². The van der Waals surface area contributed by atoms with Crippen LogP contribution in [-0.2, 0) is 57.0 Å². The maximum Gasteiger partial charge on any atom is 0.308 e. The summed E-state index contributed by atoms with van der Waals surface area (Å²) in [7, 11) is 6.43. The van der Waals surface area contributed by atoms with Gasteiger partial charge in [0.15, 0.2) is 24.7 Å². The smallest absolute Gasteiger partial charge is 0.308 e. The van der Waals surface area contributed by atoms with Gasteiger partial charge in [0.25, 0.3) is 0 Å². The highest BCUT2D eigenvalue weighted by atomic mass is 16.7. The predicted molar refractivity (Wildman–Crippen MR) is 230 cm³/mol. The second-order valence-corrected chi connectivity index (χ2v) is 18.7. The number of rotatable bonds is 13. The van der Waals surface area contributed by atoms with Gasteiger partial charge in [0, 0.05) is 44.8 Å². The number of hydrogen-bond donors (Lipinski definition) is 5. The molecular weight excluding hydrogens is 838 g/mol. The third kappa shape index (κ3) is 13.5. The van der Waals surface area contributed by atoms with Crippen molar-refractivity contribution in [3.8, 4) is 0 Å². The van der Waals surface area contributed by atoms with Crippen LogP contribution in [0.4, 0.5) is 0 Å². The number of esters is 1. The standard InChI is InChI=1S/C46H77NO17/c1-13-33-30(22-58-45-42(57-12)41(56-11)37(52)26(5)60-45)18-23(2)14-15-31(49)24(3)19-29(16-17-48)39(25(4)32(50)20-34(51)62-33)64-44-38(53)36(47(9)10)40(27(6)61-44)63-35-21-46(8,55)43(54)28(7)59-35/h14-15,17-18,24-30,32-33,35-45,50,52-55H,13,16,19-22H2,1-12H3/b15-14-,23-18+/t24-,25-,26+,27-,28+,29+,30-,32+,33+,35+,36-,37+,38-,39-,40-,41+,42+,43+,44+,45+,46-/m1/s1. The van der Waals surface area contributed by atoms with Gasteiger partial charge in [0.2, 0.25) is 0 Å². The van der Waals surface area contributed by atoms with Gasteiger partial charge < -0.3 is 77.9 Å². The molecule has 0 aromatic carbocycles. The number of ketones is 1. The molecule has 368 valence electrons. The number of hydrogen-bond acceptors (Lipinski definition) is 18. The second kappa shape index (κ2) is 24.1. The third-order valence-electron chi connectivity index (χ3n) is 13.4. The number of aliphatic hydroxyl groups excluding tert-OH is 4. The van der Waals surface area contributed by atoms with Gasteiger partial charge >= 0.3 is 5.97 Å². The maximum atomic E-state index is 13.8. The molecule has 0 bridgehead atoms. The number of aliphatic hydroxyl groups is 5. The van der Waals surface area contributed by atoms with E-state index in [0.29, 0.717) is 12.0 Å². The first-order valence-corrected chi connectivity index (χ1v) is 22.7. The number of likely N-dealkylation sites (N-methyl/N-ethyl adjacent to an activating group) is 1. The van der Waals surface area contributed by atoms with Crippen molar-refractivity contribution in [1.29, 1.82) is 0 Å². The van der Waals surface area contributed by atoms with E-state index in [-0.39, 0.29) is 31.7 Å². The number of aldehydes is 1. The topological polar surface area (TPSA) is 239 Å². The summed E-state index contributed by atoms with van der Waals surface area (Å²) in [6.07, 6.45) is -8.49. The summed E-state index contributed by atoms with van der Waals surface area (Å²) in [6.45, 7) is 13.6. The van der Waals surface area contributed by atoms with Crippen LogP contribution < -0.4 is 0 Å². The van der Waals surface area contributed by atoms with E-state index in [4.69, 9.17) is 42.6 Å². The van der Waals surface area contributed by atoms with Gasteiger partial charge in [0.1, 0.15) is 49.0 Å². The zero-order valence-corrected chi connectivity index (χ0v) is 39.7. The number of cyclic esters (lactones) is 1. The highest BCUT2D eigenvalue weighted by Gasteiger charge is 2.52.